The molecule has 0 saturated carbocycles. The number of anilines is 2. The normalized spacial score (nSPS) is 16.1. The molecule has 0 bridgehead atoms. The predicted octanol–water partition coefficient (Wildman–Crippen LogP) is 0.310. The Bertz CT molecular complexity index is 406. The largest absolute Gasteiger partial charge is 0.478 e. The van der Waals surface area contributed by atoms with Gasteiger partial charge in [-0.15, -0.1) is 10.2 Å². The van der Waals surface area contributed by atoms with Crippen LogP contribution >= 0.6 is 11.8 Å². The van der Waals surface area contributed by atoms with Gasteiger partial charge in [-0.1, -0.05) is 0 Å². The summed E-state index contributed by atoms with van der Waals surface area (Å²) in [6.45, 7) is 1.59. The van der Waals surface area contributed by atoms with Crippen LogP contribution in [0.2, 0.25) is 0 Å². The van der Waals surface area contributed by atoms with E-state index in [0.717, 1.165) is 24.6 Å². The van der Waals surface area contributed by atoms with Crippen molar-refractivity contribution in [3.8, 4) is 0 Å². The molecule has 0 spiro atoms. The van der Waals surface area contributed by atoms with E-state index in [1.807, 2.05) is 16.7 Å². The van der Waals surface area contributed by atoms with Gasteiger partial charge in [0.05, 0.1) is 0 Å². The second-order valence-corrected chi connectivity index (χ2v) is 4.64. The number of carbonyl (C=O) groups is 1. The van der Waals surface area contributed by atoms with Crippen molar-refractivity contribution in [2.24, 2.45) is 0 Å². The molecule has 0 atom stereocenters. The standard InChI is InChI=1S/C9H12N4O2S/c10-7-5-6(9(14)15)8(12-11-7)13-1-3-16-4-2-13/h5H,1-4H2,(H2,10,11)(H,14,15). The van der Waals surface area contributed by atoms with E-state index in [4.69, 9.17) is 10.8 Å². The van der Waals surface area contributed by atoms with Gasteiger partial charge in [0.15, 0.2) is 5.82 Å². The van der Waals surface area contributed by atoms with Crippen LogP contribution in [0.25, 0.3) is 0 Å². The van der Waals surface area contributed by atoms with Crippen molar-refractivity contribution in [1.29, 1.82) is 0 Å². The van der Waals surface area contributed by atoms with Crippen LogP contribution in [0.15, 0.2) is 6.07 Å². The molecule has 1 aromatic rings. The molecule has 0 aliphatic carbocycles. The van der Waals surface area contributed by atoms with Crippen LogP contribution in [0.4, 0.5) is 11.6 Å². The van der Waals surface area contributed by atoms with Crippen LogP contribution in [-0.2, 0) is 0 Å². The second-order valence-electron chi connectivity index (χ2n) is 3.41. The van der Waals surface area contributed by atoms with Gasteiger partial charge >= 0.3 is 5.97 Å². The first-order chi connectivity index (χ1) is 7.68. The average Bonchev–Trinajstić information content (AvgIpc) is 2.30. The maximum absolute atomic E-state index is 11.1. The monoisotopic (exact) mass is 240 g/mol. The molecule has 7 heteroatoms. The summed E-state index contributed by atoms with van der Waals surface area (Å²) in [4.78, 5) is 13.0. The van der Waals surface area contributed by atoms with Crippen LogP contribution in [0.5, 0.6) is 0 Å². The number of nitrogen functional groups attached to an aromatic ring is 1. The maximum atomic E-state index is 11.1. The zero-order valence-corrected chi connectivity index (χ0v) is 9.40. The minimum Gasteiger partial charge on any atom is -0.478 e. The van der Waals surface area contributed by atoms with Gasteiger partial charge in [0.25, 0.3) is 0 Å². The molecular weight excluding hydrogens is 228 g/mol. The van der Waals surface area contributed by atoms with Gasteiger partial charge < -0.3 is 15.7 Å². The Kier molecular flexibility index (Phi) is 3.14. The number of carboxylic acid groups (broad SMARTS) is 1. The first-order valence-electron chi connectivity index (χ1n) is 4.87. The number of hydrogen-bond donors (Lipinski definition) is 2. The van der Waals surface area contributed by atoms with Gasteiger partial charge in [-0.3, -0.25) is 0 Å². The number of aromatic nitrogens is 2. The highest BCUT2D eigenvalue weighted by atomic mass is 32.2. The fourth-order valence-electron chi connectivity index (χ4n) is 1.57. The van der Waals surface area contributed by atoms with E-state index >= 15 is 0 Å². The summed E-state index contributed by atoms with van der Waals surface area (Å²) in [5.41, 5.74) is 5.56. The molecule has 2 rings (SSSR count). The van der Waals surface area contributed by atoms with Crippen LogP contribution in [0, 0.1) is 0 Å². The SMILES string of the molecule is Nc1cc(C(=O)O)c(N2CCSCC2)nn1. The summed E-state index contributed by atoms with van der Waals surface area (Å²) >= 11 is 1.85. The Hall–Kier alpha value is -1.50. The number of carboxylic acids is 1. The van der Waals surface area contributed by atoms with Crippen molar-refractivity contribution in [2.75, 3.05) is 35.2 Å². The predicted molar refractivity (Wildman–Crippen MR) is 62.9 cm³/mol. The lowest BCUT2D eigenvalue weighted by atomic mass is 10.2. The van der Waals surface area contributed by atoms with Crippen molar-refractivity contribution >= 4 is 29.4 Å². The topological polar surface area (TPSA) is 92.3 Å². The fourth-order valence-corrected chi connectivity index (χ4v) is 2.47. The minimum absolute atomic E-state index is 0.124. The summed E-state index contributed by atoms with van der Waals surface area (Å²) in [7, 11) is 0. The third-order valence-electron chi connectivity index (χ3n) is 2.33. The quantitative estimate of drug-likeness (QED) is 0.768. The number of rotatable bonds is 2. The molecule has 1 aromatic heterocycles. The van der Waals surface area contributed by atoms with E-state index in [1.54, 1.807) is 0 Å². The lowest BCUT2D eigenvalue weighted by Crippen LogP contribution is -2.34. The molecule has 1 aliphatic heterocycles. The van der Waals surface area contributed by atoms with Gasteiger partial charge in [0.2, 0.25) is 0 Å². The van der Waals surface area contributed by atoms with E-state index in [1.165, 1.54) is 6.07 Å². The smallest absolute Gasteiger partial charge is 0.339 e. The summed E-state index contributed by atoms with van der Waals surface area (Å²) in [6, 6.07) is 1.35. The van der Waals surface area contributed by atoms with Crippen molar-refractivity contribution in [3.05, 3.63) is 11.6 Å². The molecule has 1 fully saturated rings. The van der Waals surface area contributed by atoms with Gasteiger partial charge in [-0.2, -0.15) is 11.8 Å². The van der Waals surface area contributed by atoms with E-state index < -0.39 is 5.97 Å². The molecule has 0 amide bonds. The van der Waals surface area contributed by atoms with E-state index in [-0.39, 0.29) is 11.4 Å². The molecule has 0 aromatic carbocycles. The van der Waals surface area contributed by atoms with E-state index in [2.05, 4.69) is 10.2 Å². The van der Waals surface area contributed by atoms with Crippen LogP contribution in [0.1, 0.15) is 10.4 Å². The molecule has 0 unspecified atom stereocenters. The highest BCUT2D eigenvalue weighted by Gasteiger charge is 2.20. The van der Waals surface area contributed by atoms with Gasteiger partial charge in [0.1, 0.15) is 11.4 Å². The maximum Gasteiger partial charge on any atom is 0.339 e. The molecule has 0 radical (unpaired) electrons. The first-order valence-corrected chi connectivity index (χ1v) is 6.03. The van der Waals surface area contributed by atoms with Crippen molar-refractivity contribution in [1.82, 2.24) is 10.2 Å². The number of thioether (sulfide) groups is 1. The first kappa shape index (κ1) is 11.0. The summed E-state index contributed by atoms with van der Waals surface area (Å²) < 4.78 is 0. The number of hydrogen-bond acceptors (Lipinski definition) is 6. The third kappa shape index (κ3) is 2.19. The van der Waals surface area contributed by atoms with Gasteiger partial charge in [-0.05, 0) is 0 Å². The highest BCUT2D eigenvalue weighted by Crippen LogP contribution is 2.21. The Labute approximate surface area is 96.8 Å². The van der Waals surface area contributed by atoms with Gasteiger partial charge in [-0.25, -0.2) is 4.79 Å². The highest BCUT2D eigenvalue weighted by molar-refractivity contribution is 7.99. The van der Waals surface area contributed by atoms with Crippen LogP contribution < -0.4 is 10.6 Å². The fraction of sp³-hybridized carbons (Fsp3) is 0.444. The van der Waals surface area contributed by atoms with E-state index in [0.29, 0.717) is 5.82 Å². The summed E-state index contributed by atoms with van der Waals surface area (Å²) in [5.74, 6) is 1.49. The molecule has 2 heterocycles. The average molecular weight is 240 g/mol. The summed E-state index contributed by atoms with van der Waals surface area (Å²) in [6.07, 6.45) is 0. The number of aromatic carboxylic acids is 1. The molecule has 1 aliphatic rings. The Morgan fingerprint density at radius 1 is 1.44 bits per heavy atom. The van der Waals surface area contributed by atoms with Gasteiger partial charge in [0, 0.05) is 30.7 Å². The van der Waals surface area contributed by atoms with E-state index in [9.17, 15) is 4.79 Å². The number of nitrogens with zero attached hydrogens (tertiary/aromatic N) is 3. The van der Waals surface area contributed by atoms with Crippen molar-refractivity contribution in [3.63, 3.8) is 0 Å². The molecule has 86 valence electrons. The molecular formula is C9H12N4O2S. The van der Waals surface area contributed by atoms with Crippen LogP contribution in [-0.4, -0.2) is 45.9 Å². The lowest BCUT2D eigenvalue weighted by Gasteiger charge is -2.27. The molecule has 1 saturated heterocycles. The second kappa shape index (κ2) is 4.56. The molecule has 16 heavy (non-hydrogen) atoms. The lowest BCUT2D eigenvalue weighted by molar-refractivity contribution is 0.0697. The Morgan fingerprint density at radius 3 is 2.75 bits per heavy atom. The Morgan fingerprint density at radius 2 is 2.12 bits per heavy atom. The van der Waals surface area contributed by atoms with Crippen LogP contribution in [0.3, 0.4) is 0 Å². The Balaban J connectivity index is 2.34. The summed E-state index contributed by atoms with van der Waals surface area (Å²) in [5, 5.41) is 16.7. The molecule has 6 nitrogen and oxygen atoms in total. The molecule has 3 N–H and O–H groups in total. The minimum atomic E-state index is -1.02. The zero-order valence-electron chi connectivity index (χ0n) is 8.59. The number of nitrogens with two attached hydrogens (primary N) is 1. The van der Waals surface area contributed by atoms with Crippen molar-refractivity contribution in [2.45, 2.75) is 0 Å². The third-order valence-corrected chi connectivity index (χ3v) is 3.28. The zero-order chi connectivity index (χ0) is 11.5. The van der Waals surface area contributed by atoms with Crippen molar-refractivity contribution < 1.29 is 9.90 Å².